The molecule has 3 rings (SSSR count). The summed E-state index contributed by atoms with van der Waals surface area (Å²) in [7, 11) is 1.31. The smallest absolute Gasteiger partial charge is 0.220 e. The van der Waals surface area contributed by atoms with Crippen LogP contribution < -0.4 is 15.4 Å². The third kappa shape index (κ3) is 9.23. The lowest BCUT2D eigenvalue weighted by atomic mass is 9.99. The molecule has 0 aromatic heterocycles. The summed E-state index contributed by atoms with van der Waals surface area (Å²) >= 11 is 0. The summed E-state index contributed by atoms with van der Waals surface area (Å²) in [5.41, 5.74) is 2.57. The summed E-state index contributed by atoms with van der Waals surface area (Å²) < 4.78 is 46.3. The van der Waals surface area contributed by atoms with E-state index in [9.17, 15) is 27.9 Å². The molecule has 0 saturated heterocycles. The Morgan fingerprint density at radius 3 is 2.31 bits per heavy atom. The van der Waals surface area contributed by atoms with E-state index in [-0.39, 0.29) is 42.7 Å². The number of nitrogens with one attached hydrogen (secondary N) is 2. The fraction of sp³-hybridized carbons (Fsp3) is 0.333. The Balaban J connectivity index is 1.63. The second-order valence-electron chi connectivity index (χ2n) is 9.30. The first-order valence-electron chi connectivity index (χ1n) is 12.8. The Bertz CT molecular complexity index is 1260. The van der Waals surface area contributed by atoms with Gasteiger partial charge in [-0.1, -0.05) is 31.2 Å². The van der Waals surface area contributed by atoms with E-state index in [2.05, 4.69) is 23.6 Å². The van der Waals surface area contributed by atoms with Crippen molar-refractivity contribution >= 4 is 11.7 Å². The average molecular weight is 543 g/mol. The van der Waals surface area contributed by atoms with Crippen molar-refractivity contribution in [2.75, 3.05) is 13.7 Å². The number of methoxy groups -OCH3 is 1. The zero-order valence-electron chi connectivity index (χ0n) is 22.0. The Labute approximate surface area is 226 Å². The molecule has 1 amide bonds. The van der Waals surface area contributed by atoms with Crippen LogP contribution in [-0.2, 0) is 24.2 Å². The number of ketones is 1. The fourth-order valence-electron chi connectivity index (χ4n) is 4.22. The van der Waals surface area contributed by atoms with Gasteiger partial charge in [0.1, 0.15) is 11.6 Å². The predicted molar refractivity (Wildman–Crippen MR) is 142 cm³/mol. The molecular formula is C30H33F3N2O4. The molecule has 0 bridgehead atoms. The van der Waals surface area contributed by atoms with E-state index in [1.807, 2.05) is 18.2 Å². The molecule has 2 atom stereocenters. The number of aliphatic hydroxyl groups is 1. The average Bonchev–Trinajstić information content (AvgIpc) is 2.90. The number of benzene rings is 3. The summed E-state index contributed by atoms with van der Waals surface area (Å²) in [5.74, 6) is -3.19. The van der Waals surface area contributed by atoms with Crippen molar-refractivity contribution in [2.45, 2.75) is 51.3 Å². The van der Waals surface area contributed by atoms with Gasteiger partial charge in [-0.05, 0) is 59.9 Å². The van der Waals surface area contributed by atoms with Crippen molar-refractivity contribution in [3.63, 3.8) is 0 Å². The van der Waals surface area contributed by atoms with Gasteiger partial charge >= 0.3 is 0 Å². The van der Waals surface area contributed by atoms with Crippen LogP contribution in [0.15, 0.2) is 60.7 Å². The Morgan fingerprint density at radius 2 is 1.64 bits per heavy atom. The molecule has 9 heteroatoms. The lowest BCUT2D eigenvalue weighted by Crippen LogP contribution is -2.48. The summed E-state index contributed by atoms with van der Waals surface area (Å²) in [6, 6.07) is 13.9. The summed E-state index contributed by atoms with van der Waals surface area (Å²) in [6.45, 7) is 2.64. The van der Waals surface area contributed by atoms with Crippen molar-refractivity contribution in [3.05, 3.63) is 100 Å². The van der Waals surface area contributed by atoms with Crippen molar-refractivity contribution in [3.8, 4) is 5.75 Å². The van der Waals surface area contributed by atoms with E-state index < -0.39 is 41.3 Å². The molecule has 3 aromatic carbocycles. The standard InChI is InChI=1S/C30H33F3N2O4/c1-3-19-5-4-6-20(11-19)17-34-18-28(37)26(14-21-12-23(31)16-24(32)13-21)35-30(38)10-8-27(36)22-7-9-29(39-2)25(33)15-22/h4-7,9,11-13,15-16,26,28,34,37H,3,8,10,14,17-18H2,1-2H3,(H,35,38)/t26-,28+/m0/s1. The number of rotatable bonds is 14. The number of aryl methyl sites for hydroxylation is 1. The van der Waals surface area contributed by atoms with Crippen LogP contribution in [0.2, 0.25) is 0 Å². The fourth-order valence-corrected chi connectivity index (χ4v) is 4.22. The SMILES string of the molecule is CCc1cccc(CNC[C@@H](O)[C@H](Cc2cc(F)cc(F)c2)NC(=O)CCC(=O)c2ccc(OC)c(F)c2)c1. The van der Waals surface area contributed by atoms with Crippen LogP contribution in [0.5, 0.6) is 5.75 Å². The molecule has 0 radical (unpaired) electrons. The van der Waals surface area contributed by atoms with Crippen LogP contribution >= 0.6 is 0 Å². The molecule has 0 unspecified atom stereocenters. The van der Waals surface area contributed by atoms with Crippen LogP contribution in [0.25, 0.3) is 0 Å². The van der Waals surface area contributed by atoms with Crippen molar-refractivity contribution in [2.24, 2.45) is 0 Å². The second kappa shape index (κ2) is 14.5. The zero-order chi connectivity index (χ0) is 28.4. The summed E-state index contributed by atoms with van der Waals surface area (Å²) in [5, 5.41) is 16.7. The van der Waals surface area contributed by atoms with Gasteiger partial charge in [0.2, 0.25) is 5.91 Å². The van der Waals surface area contributed by atoms with Gasteiger partial charge in [-0.15, -0.1) is 0 Å². The minimum absolute atomic E-state index is 0.00147. The highest BCUT2D eigenvalue weighted by Crippen LogP contribution is 2.19. The molecule has 0 heterocycles. The normalized spacial score (nSPS) is 12.6. The van der Waals surface area contributed by atoms with Crippen LogP contribution in [0, 0.1) is 17.5 Å². The minimum Gasteiger partial charge on any atom is -0.494 e. The first kappa shape index (κ1) is 29.9. The number of carbonyl (C=O) groups is 2. The molecule has 0 saturated carbocycles. The molecule has 3 aromatic rings. The lowest BCUT2D eigenvalue weighted by molar-refractivity contribution is -0.122. The monoisotopic (exact) mass is 542 g/mol. The number of amides is 1. The number of carbonyl (C=O) groups excluding carboxylic acids is 2. The molecule has 3 N–H and O–H groups in total. The quantitative estimate of drug-likeness (QED) is 0.261. The molecule has 0 spiro atoms. The van der Waals surface area contributed by atoms with E-state index in [4.69, 9.17) is 4.74 Å². The largest absolute Gasteiger partial charge is 0.494 e. The molecule has 39 heavy (non-hydrogen) atoms. The Hall–Kier alpha value is -3.69. The maximum atomic E-state index is 13.9. The van der Waals surface area contributed by atoms with Gasteiger partial charge in [0, 0.05) is 37.6 Å². The van der Waals surface area contributed by atoms with Crippen LogP contribution in [-0.4, -0.2) is 42.6 Å². The van der Waals surface area contributed by atoms with Crippen molar-refractivity contribution < 1.29 is 32.6 Å². The van der Waals surface area contributed by atoms with Gasteiger partial charge in [-0.3, -0.25) is 9.59 Å². The number of ether oxygens (including phenoxy) is 1. The number of hydrogen-bond acceptors (Lipinski definition) is 5. The van der Waals surface area contributed by atoms with Crippen LogP contribution in [0.1, 0.15) is 46.8 Å². The summed E-state index contributed by atoms with van der Waals surface area (Å²) in [6.07, 6.45) is -0.649. The van der Waals surface area contributed by atoms with Gasteiger partial charge in [0.05, 0.1) is 19.3 Å². The number of halogens is 3. The zero-order valence-corrected chi connectivity index (χ0v) is 22.0. The van der Waals surface area contributed by atoms with Gasteiger partial charge in [0.25, 0.3) is 0 Å². The van der Waals surface area contributed by atoms with E-state index in [0.717, 1.165) is 36.2 Å². The van der Waals surface area contributed by atoms with Gasteiger partial charge in [0.15, 0.2) is 17.3 Å². The molecule has 0 aliphatic heterocycles. The maximum absolute atomic E-state index is 13.9. The Kier molecular flexibility index (Phi) is 11.1. The van der Waals surface area contributed by atoms with Gasteiger partial charge < -0.3 is 20.5 Å². The van der Waals surface area contributed by atoms with Gasteiger partial charge in [-0.25, -0.2) is 13.2 Å². The molecular weight excluding hydrogens is 509 g/mol. The molecule has 208 valence electrons. The Morgan fingerprint density at radius 1 is 0.923 bits per heavy atom. The van der Waals surface area contributed by atoms with E-state index >= 15 is 0 Å². The van der Waals surface area contributed by atoms with Crippen molar-refractivity contribution in [1.82, 2.24) is 10.6 Å². The molecule has 0 fully saturated rings. The van der Waals surface area contributed by atoms with Crippen LogP contribution in [0.3, 0.4) is 0 Å². The third-order valence-electron chi connectivity index (χ3n) is 6.32. The second-order valence-corrected chi connectivity index (χ2v) is 9.30. The minimum atomic E-state index is -1.10. The first-order chi connectivity index (χ1) is 18.7. The predicted octanol–water partition coefficient (Wildman–Crippen LogP) is 4.52. The molecule has 0 aliphatic rings. The highest BCUT2D eigenvalue weighted by atomic mass is 19.1. The first-order valence-corrected chi connectivity index (χ1v) is 12.8. The van der Waals surface area contributed by atoms with E-state index in [1.165, 1.54) is 24.8 Å². The van der Waals surface area contributed by atoms with Gasteiger partial charge in [-0.2, -0.15) is 0 Å². The number of hydrogen-bond donors (Lipinski definition) is 3. The highest BCUT2D eigenvalue weighted by Gasteiger charge is 2.23. The topological polar surface area (TPSA) is 87.7 Å². The highest BCUT2D eigenvalue weighted by molar-refractivity contribution is 5.98. The van der Waals surface area contributed by atoms with Crippen LogP contribution in [0.4, 0.5) is 13.2 Å². The molecule has 6 nitrogen and oxygen atoms in total. The number of aliphatic hydroxyl groups excluding tert-OH is 1. The number of Topliss-reactive ketones (excluding diaryl/α,β-unsaturated/α-hetero) is 1. The lowest BCUT2D eigenvalue weighted by Gasteiger charge is -2.25. The van der Waals surface area contributed by atoms with E-state index in [1.54, 1.807) is 0 Å². The van der Waals surface area contributed by atoms with Crippen molar-refractivity contribution in [1.29, 1.82) is 0 Å². The summed E-state index contributed by atoms with van der Waals surface area (Å²) in [4.78, 5) is 25.2. The third-order valence-corrected chi connectivity index (χ3v) is 6.32. The molecule has 0 aliphatic carbocycles. The van der Waals surface area contributed by atoms with E-state index in [0.29, 0.717) is 6.54 Å². The maximum Gasteiger partial charge on any atom is 0.220 e.